The average molecular weight is 231 g/mol. The minimum Gasteiger partial charge on any atom is -0.321 e. The van der Waals surface area contributed by atoms with Crippen LogP contribution in [0.5, 0.6) is 0 Å². The van der Waals surface area contributed by atoms with E-state index in [0.29, 0.717) is 12.2 Å². The van der Waals surface area contributed by atoms with Crippen LogP contribution in [0.3, 0.4) is 0 Å². The molecule has 0 amide bonds. The number of hydrogen-bond acceptors (Lipinski definition) is 4. The van der Waals surface area contributed by atoms with Crippen LogP contribution in [0.1, 0.15) is 38.6 Å². The first-order valence-electron chi connectivity index (χ1n) is 5.58. The minimum atomic E-state index is 0.102. The molecule has 0 saturated carbocycles. The zero-order chi connectivity index (χ0) is 12.9. The minimum absolute atomic E-state index is 0.102. The molecular weight excluding hydrogens is 214 g/mol. The maximum absolute atomic E-state index is 8.93. The van der Waals surface area contributed by atoms with E-state index in [4.69, 9.17) is 10.5 Å². The highest BCUT2D eigenvalue weighted by Crippen LogP contribution is 2.06. The van der Waals surface area contributed by atoms with Crippen molar-refractivity contribution in [1.29, 1.82) is 10.5 Å². The summed E-state index contributed by atoms with van der Waals surface area (Å²) in [4.78, 5) is 3.89. The van der Waals surface area contributed by atoms with Gasteiger partial charge in [0, 0.05) is 12.1 Å². The fraction of sp³-hybridized carbons (Fsp3) is 0.583. The van der Waals surface area contributed by atoms with E-state index in [9.17, 15) is 0 Å². The molecule has 0 aliphatic rings. The SMILES string of the molecule is CC(C)(C)NCCCn1cnc(C#N)c1C#N. The Bertz CT molecular complexity index is 453. The molecule has 1 aromatic rings. The van der Waals surface area contributed by atoms with Crippen LogP contribution in [0.4, 0.5) is 0 Å². The van der Waals surface area contributed by atoms with E-state index >= 15 is 0 Å². The normalized spacial score (nSPS) is 10.9. The third-order valence-corrected chi connectivity index (χ3v) is 2.28. The van der Waals surface area contributed by atoms with Gasteiger partial charge in [0.2, 0.25) is 0 Å². The van der Waals surface area contributed by atoms with E-state index in [1.54, 1.807) is 10.9 Å². The van der Waals surface area contributed by atoms with Gasteiger partial charge in [0.25, 0.3) is 0 Å². The van der Waals surface area contributed by atoms with Gasteiger partial charge in [0.15, 0.2) is 11.4 Å². The number of hydrogen-bond donors (Lipinski definition) is 1. The van der Waals surface area contributed by atoms with Crippen molar-refractivity contribution in [2.75, 3.05) is 6.54 Å². The molecule has 0 atom stereocenters. The molecule has 0 spiro atoms. The fourth-order valence-corrected chi connectivity index (χ4v) is 1.46. The van der Waals surface area contributed by atoms with Crippen LogP contribution >= 0.6 is 0 Å². The highest BCUT2D eigenvalue weighted by atomic mass is 15.1. The highest BCUT2D eigenvalue weighted by molar-refractivity contribution is 5.35. The second-order valence-electron chi connectivity index (χ2n) is 4.89. The zero-order valence-electron chi connectivity index (χ0n) is 10.5. The molecule has 17 heavy (non-hydrogen) atoms. The molecule has 0 aliphatic heterocycles. The number of aryl methyl sites for hydroxylation is 1. The molecular formula is C12H17N5. The standard InChI is InChI=1S/C12H17N5/c1-12(2,3)16-5-4-6-17-9-15-10(7-13)11(17)8-14/h9,16H,4-6H2,1-3H3. The molecule has 1 N–H and O–H groups in total. The third kappa shape index (κ3) is 3.90. The Morgan fingerprint density at radius 1 is 1.35 bits per heavy atom. The average Bonchev–Trinajstić information content (AvgIpc) is 2.65. The molecule has 5 nitrogen and oxygen atoms in total. The van der Waals surface area contributed by atoms with Crippen molar-refractivity contribution >= 4 is 0 Å². The highest BCUT2D eigenvalue weighted by Gasteiger charge is 2.10. The second kappa shape index (κ2) is 5.47. The number of aromatic nitrogens is 2. The lowest BCUT2D eigenvalue weighted by Gasteiger charge is -2.20. The van der Waals surface area contributed by atoms with Gasteiger partial charge >= 0.3 is 0 Å². The zero-order valence-corrected chi connectivity index (χ0v) is 10.5. The van der Waals surface area contributed by atoms with Crippen molar-refractivity contribution < 1.29 is 0 Å². The summed E-state index contributed by atoms with van der Waals surface area (Å²) in [6.45, 7) is 7.89. The predicted octanol–water partition coefficient (Wildman–Crippen LogP) is 1.40. The van der Waals surface area contributed by atoms with E-state index in [1.165, 1.54) is 0 Å². The van der Waals surface area contributed by atoms with Gasteiger partial charge in [0.1, 0.15) is 12.1 Å². The Labute approximate surface area is 102 Å². The summed E-state index contributed by atoms with van der Waals surface area (Å²) < 4.78 is 1.73. The Kier molecular flexibility index (Phi) is 4.25. The van der Waals surface area contributed by atoms with Gasteiger partial charge in [-0.25, -0.2) is 4.98 Å². The van der Waals surface area contributed by atoms with Gasteiger partial charge in [0.05, 0.1) is 6.33 Å². The van der Waals surface area contributed by atoms with Crippen LogP contribution in [0, 0.1) is 22.7 Å². The summed E-state index contributed by atoms with van der Waals surface area (Å²) in [5.74, 6) is 0. The first kappa shape index (κ1) is 13.2. The summed E-state index contributed by atoms with van der Waals surface area (Å²) in [5, 5.41) is 21.0. The monoisotopic (exact) mass is 231 g/mol. The first-order chi connectivity index (χ1) is 7.98. The van der Waals surface area contributed by atoms with Crippen molar-refractivity contribution in [3.8, 4) is 12.1 Å². The van der Waals surface area contributed by atoms with Crippen LogP contribution in [0.15, 0.2) is 6.33 Å². The van der Waals surface area contributed by atoms with Crippen molar-refractivity contribution in [2.45, 2.75) is 39.3 Å². The van der Waals surface area contributed by atoms with Gasteiger partial charge in [-0.15, -0.1) is 0 Å². The molecule has 90 valence electrons. The number of nitriles is 2. The molecule has 1 heterocycles. The Balaban J connectivity index is 2.51. The van der Waals surface area contributed by atoms with E-state index in [-0.39, 0.29) is 11.2 Å². The Morgan fingerprint density at radius 2 is 2.06 bits per heavy atom. The fourth-order valence-electron chi connectivity index (χ4n) is 1.46. The lowest BCUT2D eigenvalue weighted by Crippen LogP contribution is -2.36. The molecule has 5 heteroatoms. The number of imidazole rings is 1. The summed E-state index contributed by atoms with van der Waals surface area (Å²) in [7, 11) is 0. The van der Waals surface area contributed by atoms with E-state index in [0.717, 1.165) is 13.0 Å². The molecule has 1 aromatic heterocycles. The molecule has 0 aromatic carbocycles. The van der Waals surface area contributed by atoms with Crippen LogP contribution in [-0.2, 0) is 6.54 Å². The Morgan fingerprint density at radius 3 is 2.59 bits per heavy atom. The summed E-state index contributed by atoms with van der Waals surface area (Å²) in [5.41, 5.74) is 0.657. The van der Waals surface area contributed by atoms with Crippen LogP contribution < -0.4 is 5.32 Å². The van der Waals surface area contributed by atoms with Crippen LogP contribution in [0.25, 0.3) is 0 Å². The van der Waals surface area contributed by atoms with Crippen molar-refractivity contribution in [1.82, 2.24) is 14.9 Å². The smallest absolute Gasteiger partial charge is 0.176 e. The largest absolute Gasteiger partial charge is 0.321 e. The van der Waals surface area contributed by atoms with Gasteiger partial charge in [-0.3, -0.25) is 0 Å². The van der Waals surface area contributed by atoms with Crippen molar-refractivity contribution in [3.63, 3.8) is 0 Å². The van der Waals surface area contributed by atoms with Crippen LogP contribution in [-0.4, -0.2) is 21.6 Å². The van der Waals surface area contributed by atoms with Gasteiger partial charge in [-0.1, -0.05) is 0 Å². The number of nitrogens with zero attached hydrogens (tertiary/aromatic N) is 4. The molecule has 0 radical (unpaired) electrons. The quantitative estimate of drug-likeness (QED) is 0.795. The lowest BCUT2D eigenvalue weighted by atomic mass is 10.1. The molecule has 1 rings (SSSR count). The van der Waals surface area contributed by atoms with E-state index < -0.39 is 0 Å². The van der Waals surface area contributed by atoms with Gasteiger partial charge < -0.3 is 9.88 Å². The molecule has 0 fully saturated rings. The van der Waals surface area contributed by atoms with Crippen LogP contribution in [0.2, 0.25) is 0 Å². The maximum atomic E-state index is 8.93. The summed E-state index contributed by atoms with van der Waals surface area (Å²) in [6.07, 6.45) is 2.45. The van der Waals surface area contributed by atoms with Crippen molar-refractivity contribution in [3.05, 3.63) is 17.7 Å². The molecule has 0 aliphatic carbocycles. The van der Waals surface area contributed by atoms with E-state index in [2.05, 4.69) is 31.1 Å². The molecule has 0 bridgehead atoms. The second-order valence-corrected chi connectivity index (χ2v) is 4.89. The topological polar surface area (TPSA) is 77.4 Å². The Hall–Kier alpha value is -1.85. The summed E-state index contributed by atoms with van der Waals surface area (Å²) in [6, 6.07) is 3.92. The lowest BCUT2D eigenvalue weighted by molar-refractivity contribution is 0.413. The van der Waals surface area contributed by atoms with E-state index in [1.807, 2.05) is 12.1 Å². The summed E-state index contributed by atoms with van der Waals surface area (Å²) >= 11 is 0. The predicted molar refractivity (Wildman–Crippen MR) is 64.0 cm³/mol. The third-order valence-electron chi connectivity index (χ3n) is 2.28. The van der Waals surface area contributed by atoms with Gasteiger partial charge in [-0.05, 0) is 33.7 Å². The van der Waals surface area contributed by atoms with Gasteiger partial charge in [-0.2, -0.15) is 10.5 Å². The molecule has 0 saturated heterocycles. The number of nitrogens with one attached hydrogen (secondary N) is 1. The van der Waals surface area contributed by atoms with Crippen molar-refractivity contribution in [2.24, 2.45) is 0 Å². The number of rotatable bonds is 4. The molecule has 0 unspecified atom stereocenters. The first-order valence-corrected chi connectivity index (χ1v) is 5.58. The maximum Gasteiger partial charge on any atom is 0.176 e.